The van der Waals surface area contributed by atoms with Gasteiger partial charge in [0.1, 0.15) is 0 Å². The number of ether oxygens (including phenoxy) is 1. The van der Waals surface area contributed by atoms with Crippen LogP contribution in [0.5, 0.6) is 0 Å². The van der Waals surface area contributed by atoms with Crippen molar-refractivity contribution in [1.82, 2.24) is 0 Å². The Labute approximate surface area is 85.4 Å². The predicted octanol–water partition coefficient (Wildman–Crippen LogP) is 2.48. The lowest BCUT2D eigenvalue weighted by Crippen LogP contribution is -1.99. The van der Waals surface area contributed by atoms with Crippen LogP contribution in [0, 0.1) is 5.92 Å². The second kappa shape index (κ2) is 3.86. The Hall–Kier alpha value is 0.0800. The highest BCUT2D eigenvalue weighted by Crippen LogP contribution is 2.28. The lowest BCUT2D eigenvalue weighted by Gasteiger charge is -2.03. The van der Waals surface area contributed by atoms with Crippen molar-refractivity contribution >= 4 is 40.8 Å². The molecule has 0 aromatic carbocycles. The molecule has 0 saturated carbocycles. The van der Waals surface area contributed by atoms with E-state index >= 15 is 0 Å². The molecule has 12 heavy (non-hydrogen) atoms. The molecule has 0 aliphatic carbocycles. The van der Waals surface area contributed by atoms with Gasteiger partial charge in [-0.25, -0.2) is 0 Å². The van der Waals surface area contributed by atoms with E-state index in [0.29, 0.717) is 13.0 Å². The Morgan fingerprint density at radius 2 is 2.17 bits per heavy atom. The van der Waals surface area contributed by atoms with Crippen LogP contribution in [0.4, 0.5) is 0 Å². The molecule has 68 valence electrons. The van der Waals surface area contributed by atoms with Crippen LogP contribution >= 0.6 is 34.8 Å². The number of alkyl halides is 3. The van der Waals surface area contributed by atoms with Gasteiger partial charge in [0.25, 0.3) is 0 Å². The number of allylic oxidation sites excluding steroid dienone is 1. The van der Waals surface area contributed by atoms with Gasteiger partial charge in [0.15, 0.2) is 0 Å². The normalized spacial score (nSPS) is 24.9. The van der Waals surface area contributed by atoms with Gasteiger partial charge >= 0.3 is 5.97 Å². The zero-order chi connectivity index (χ0) is 9.19. The summed E-state index contributed by atoms with van der Waals surface area (Å²) in [6, 6.07) is 0. The molecule has 0 aromatic rings. The van der Waals surface area contributed by atoms with Gasteiger partial charge in [0, 0.05) is 5.92 Å². The number of carbonyl (C=O) groups excluding carboxylic acids is 1. The Morgan fingerprint density at radius 3 is 2.58 bits per heavy atom. The van der Waals surface area contributed by atoms with Crippen molar-refractivity contribution in [1.29, 1.82) is 0 Å². The van der Waals surface area contributed by atoms with Gasteiger partial charge in [-0.1, -0.05) is 40.9 Å². The molecule has 0 N–H and O–H groups in total. The fraction of sp³-hybridized carbons (Fsp3) is 0.571. The molecule has 1 unspecified atom stereocenters. The lowest BCUT2D eigenvalue weighted by atomic mass is 10.1. The summed E-state index contributed by atoms with van der Waals surface area (Å²) in [5.74, 6) is -0.151. The predicted molar refractivity (Wildman–Crippen MR) is 48.5 cm³/mol. The van der Waals surface area contributed by atoms with E-state index in [4.69, 9.17) is 39.5 Å². The van der Waals surface area contributed by atoms with Gasteiger partial charge in [0.05, 0.1) is 13.0 Å². The number of cyclic esters (lactones) is 1. The minimum Gasteiger partial charge on any atom is -0.465 e. The summed E-state index contributed by atoms with van der Waals surface area (Å²) < 4.78 is 3.33. The summed E-state index contributed by atoms with van der Waals surface area (Å²) >= 11 is 16.4. The first kappa shape index (κ1) is 10.2. The number of hydrogen-bond acceptors (Lipinski definition) is 2. The third-order valence-electron chi connectivity index (χ3n) is 1.44. The molecule has 5 heteroatoms. The minimum atomic E-state index is -1.38. The van der Waals surface area contributed by atoms with Gasteiger partial charge in [-0.3, -0.25) is 4.79 Å². The first-order chi connectivity index (χ1) is 5.47. The Kier molecular flexibility index (Phi) is 3.27. The van der Waals surface area contributed by atoms with Crippen LogP contribution in [0.3, 0.4) is 0 Å². The van der Waals surface area contributed by atoms with E-state index in [9.17, 15) is 4.79 Å². The van der Waals surface area contributed by atoms with Crippen molar-refractivity contribution in [3.63, 3.8) is 0 Å². The topological polar surface area (TPSA) is 26.3 Å². The van der Waals surface area contributed by atoms with Crippen molar-refractivity contribution in [2.45, 2.75) is 10.2 Å². The molecule has 1 aliphatic heterocycles. The summed E-state index contributed by atoms with van der Waals surface area (Å²) in [7, 11) is 0. The van der Waals surface area contributed by atoms with Crippen molar-refractivity contribution in [3.05, 3.63) is 12.2 Å². The maximum Gasteiger partial charge on any atom is 0.306 e. The molecule has 0 radical (unpaired) electrons. The molecule has 1 heterocycles. The van der Waals surface area contributed by atoms with E-state index in [-0.39, 0.29) is 11.9 Å². The standard InChI is InChI=1S/C7H7Cl3O2/c8-7(9,10)2-1-5-3-6(11)12-4-5/h1-2,5H,3-4H2. The highest BCUT2D eigenvalue weighted by atomic mass is 35.6. The number of esters is 1. The van der Waals surface area contributed by atoms with Crippen LogP contribution < -0.4 is 0 Å². The second-order valence-electron chi connectivity index (χ2n) is 2.55. The van der Waals surface area contributed by atoms with Gasteiger partial charge in [0.2, 0.25) is 3.79 Å². The van der Waals surface area contributed by atoms with E-state index in [1.54, 1.807) is 6.08 Å². The number of rotatable bonds is 1. The van der Waals surface area contributed by atoms with Gasteiger partial charge in [-0.15, -0.1) is 0 Å². The molecule has 1 fully saturated rings. The third-order valence-corrected chi connectivity index (χ3v) is 1.82. The van der Waals surface area contributed by atoms with Crippen molar-refractivity contribution in [2.24, 2.45) is 5.92 Å². The fourth-order valence-corrected chi connectivity index (χ4v) is 1.12. The Morgan fingerprint density at radius 1 is 1.50 bits per heavy atom. The highest BCUT2D eigenvalue weighted by Gasteiger charge is 2.23. The van der Waals surface area contributed by atoms with Gasteiger partial charge in [-0.2, -0.15) is 0 Å². The summed E-state index contributed by atoms with van der Waals surface area (Å²) in [6.45, 7) is 0.385. The van der Waals surface area contributed by atoms with Crippen molar-refractivity contribution < 1.29 is 9.53 Å². The third kappa shape index (κ3) is 3.65. The average Bonchev–Trinajstić information content (AvgIpc) is 2.30. The van der Waals surface area contributed by atoms with E-state index in [0.717, 1.165) is 0 Å². The van der Waals surface area contributed by atoms with Crippen LogP contribution in [-0.2, 0) is 9.53 Å². The molecule has 0 bridgehead atoms. The van der Waals surface area contributed by atoms with E-state index < -0.39 is 3.79 Å². The molecule has 0 spiro atoms. The number of hydrogen-bond donors (Lipinski definition) is 0. The monoisotopic (exact) mass is 228 g/mol. The van der Waals surface area contributed by atoms with Crippen molar-refractivity contribution in [2.75, 3.05) is 6.61 Å². The highest BCUT2D eigenvalue weighted by molar-refractivity contribution is 6.68. The summed E-state index contributed by atoms with van der Waals surface area (Å²) in [5, 5.41) is 0. The smallest absolute Gasteiger partial charge is 0.306 e. The lowest BCUT2D eigenvalue weighted by molar-refractivity contribution is -0.137. The first-order valence-electron chi connectivity index (χ1n) is 3.39. The Balaban J connectivity index is 2.42. The van der Waals surface area contributed by atoms with Crippen LogP contribution in [0.1, 0.15) is 6.42 Å². The van der Waals surface area contributed by atoms with Gasteiger partial charge in [-0.05, 0) is 6.08 Å². The zero-order valence-electron chi connectivity index (χ0n) is 6.10. The molecule has 1 aliphatic rings. The van der Waals surface area contributed by atoms with E-state index in [2.05, 4.69) is 0 Å². The van der Waals surface area contributed by atoms with Crippen LogP contribution in [0.2, 0.25) is 0 Å². The molecule has 1 rings (SSSR count). The quantitative estimate of drug-likeness (QED) is 0.392. The van der Waals surface area contributed by atoms with E-state index in [1.165, 1.54) is 6.08 Å². The second-order valence-corrected chi connectivity index (χ2v) is 4.92. The molecule has 0 amide bonds. The molecular formula is C7H7Cl3O2. The van der Waals surface area contributed by atoms with Gasteiger partial charge < -0.3 is 4.74 Å². The molecular weight excluding hydrogens is 222 g/mol. The van der Waals surface area contributed by atoms with Crippen molar-refractivity contribution in [3.8, 4) is 0 Å². The summed E-state index contributed by atoms with van der Waals surface area (Å²) in [6.07, 6.45) is 3.50. The Bertz CT molecular complexity index is 207. The number of carbonyl (C=O) groups is 1. The molecule has 1 atom stereocenters. The minimum absolute atomic E-state index is 0.0492. The zero-order valence-corrected chi connectivity index (χ0v) is 8.36. The maximum absolute atomic E-state index is 10.6. The molecule has 2 nitrogen and oxygen atoms in total. The fourth-order valence-electron chi connectivity index (χ4n) is 0.901. The largest absolute Gasteiger partial charge is 0.465 e. The SMILES string of the molecule is O=C1CC(C=CC(Cl)(Cl)Cl)CO1. The number of halogens is 3. The van der Waals surface area contributed by atoms with Crippen LogP contribution in [-0.4, -0.2) is 16.4 Å². The molecule has 1 saturated heterocycles. The summed E-state index contributed by atoms with van der Waals surface area (Å²) in [5.41, 5.74) is 0. The summed E-state index contributed by atoms with van der Waals surface area (Å²) in [4.78, 5) is 10.6. The maximum atomic E-state index is 10.6. The van der Waals surface area contributed by atoms with Crippen LogP contribution in [0.15, 0.2) is 12.2 Å². The molecule has 0 aromatic heterocycles. The average molecular weight is 229 g/mol. The van der Waals surface area contributed by atoms with E-state index in [1.807, 2.05) is 0 Å². The van der Waals surface area contributed by atoms with Crippen LogP contribution in [0.25, 0.3) is 0 Å². The first-order valence-corrected chi connectivity index (χ1v) is 4.52.